The van der Waals surface area contributed by atoms with Crippen LogP contribution < -0.4 is 0 Å². The van der Waals surface area contributed by atoms with Crippen LogP contribution in [0.2, 0.25) is 0 Å². The molecule has 0 amide bonds. The molecule has 3 heteroatoms. The van der Waals surface area contributed by atoms with Crippen molar-refractivity contribution in [2.45, 2.75) is 6.61 Å². The van der Waals surface area contributed by atoms with Gasteiger partial charge in [0.25, 0.3) is 0 Å². The van der Waals surface area contributed by atoms with Gasteiger partial charge in [-0.2, -0.15) is 0 Å². The Balaban J connectivity index is 2.25. The van der Waals surface area contributed by atoms with Crippen LogP contribution in [0.3, 0.4) is 0 Å². The normalized spacial score (nSPS) is 10.4. The van der Waals surface area contributed by atoms with Gasteiger partial charge in [-0.1, -0.05) is 30.3 Å². The van der Waals surface area contributed by atoms with E-state index in [2.05, 4.69) is 9.97 Å². The first kappa shape index (κ1) is 8.97. The van der Waals surface area contributed by atoms with E-state index in [0.717, 1.165) is 17.1 Å². The number of methoxy groups -OCH3 is 1. The number of nitrogens with one attached hydrogen (secondary N) is 1. The predicted octanol–water partition coefficient (Wildman–Crippen LogP) is 2.22. The molecule has 0 saturated heterocycles. The van der Waals surface area contributed by atoms with Gasteiger partial charge in [0.2, 0.25) is 0 Å². The first-order valence-electron chi connectivity index (χ1n) is 4.48. The average Bonchev–Trinajstić information content (AvgIpc) is 2.68. The molecule has 0 aliphatic heterocycles. The topological polar surface area (TPSA) is 37.9 Å². The number of benzene rings is 1. The SMILES string of the molecule is COCc1cnc(-c2ccccc2)[nH]1. The van der Waals surface area contributed by atoms with Gasteiger partial charge in [0.05, 0.1) is 18.5 Å². The van der Waals surface area contributed by atoms with Gasteiger partial charge in [0.15, 0.2) is 0 Å². The maximum atomic E-state index is 5.01. The molecule has 0 fully saturated rings. The van der Waals surface area contributed by atoms with E-state index in [-0.39, 0.29) is 0 Å². The summed E-state index contributed by atoms with van der Waals surface area (Å²) >= 11 is 0. The van der Waals surface area contributed by atoms with Crippen LogP contribution in [0.1, 0.15) is 5.69 Å². The summed E-state index contributed by atoms with van der Waals surface area (Å²) in [5.41, 5.74) is 2.08. The third-order valence-corrected chi connectivity index (χ3v) is 1.98. The number of hydrogen-bond donors (Lipinski definition) is 1. The van der Waals surface area contributed by atoms with E-state index < -0.39 is 0 Å². The highest BCUT2D eigenvalue weighted by Gasteiger charge is 2.01. The largest absolute Gasteiger partial charge is 0.378 e. The molecule has 0 aliphatic rings. The second-order valence-electron chi connectivity index (χ2n) is 3.06. The molecule has 0 spiro atoms. The summed E-state index contributed by atoms with van der Waals surface area (Å²) in [7, 11) is 1.67. The van der Waals surface area contributed by atoms with Crippen molar-refractivity contribution in [3.05, 3.63) is 42.2 Å². The molecule has 2 rings (SSSR count). The Kier molecular flexibility index (Phi) is 2.60. The highest BCUT2D eigenvalue weighted by Crippen LogP contribution is 2.14. The molecule has 1 N–H and O–H groups in total. The highest BCUT2D eigenvalue weighted by atomic mass is 16.5. The van der Waals surface area contributed by atoms with Crippen LogP contribution in [-0.4, -0.2) is 17.1 Å². The minimum Gasteiger partial charge on any atom is -0.378 e. The Hall–Kier alpha value is -1.61. The lowest BCUT2D eigenvalue weighted by molar-refractivity contribution is 0.182. The van der Waals surface area contributed by atoms with Crippen molar-refractivity contribution in [2.75, 3.05) is 7.11 Å². The average molecular weight is 188 g/mol. The fraction of sp³-hybridized carbons (Fsp3) is 0.182. The number of aromatic amines is 1. The summed E-state index contributed by atoms with van der Waals surface area (Å²) in [5, 5.41) is 0. The third-order valence-electron chi connectivity index (χ3n) is 1.98. The molecule has 14 heavy (non-hydrogen) atoms. The summed E-state index contributed by atoms with van der Waals surface area (Å²) in [4.78, 5) is 7.46. The van der Waals surface area contributed by atoms with Crippen LogP contribution in [0.25, 0.3) is 11.4 Å². The van der Waals surface area contributed by atoms with E-state index in [1.165, 1.54) is 0 Å². The fourth-order valence-electron chi connectivity index (χ4n) is 1.33. The summed E-state index contributed by atoms with van der Waals surface area (Å²) in [6.45, 7) is 0.569. The zero-order chi connectivity index (χ0) is 9.80. The lowest BCUT2D eigenvalue weighted by Gasteiger charge is -1.95. The quantitative estimate of drug-likeness (QED) is 0.802. The predicted molar refractivity (Wildman–Crippen MR) is 54.7 cm³/mol. The van der Waals surface area contributed by atoms with E-state index in [0.29, 0.717) is 6.61 Å². The summed E-state index contributed by atoms with van der Waals surface area (Å²) < 4.78 is 5.01. The highest BCUT2D eigenvalue weighted by molar-refractivity contribution is 5.54. The van der Waals surface area contributed by atoms with Crippen molar-refractivity contribution in [1.29, 1.82) is 0 Å². The summed E-state index contributed by atoms with van der Waals surface area (Å²) in [6, 6.07) is 10.0. The van der Waals surface area contributed by atoms with Crippen LogP contribution in [0.4, 0.5) is 0 Å². The summed E-state index contributed by atoms with van der Waals surface area (Å²) in [6.07, 6.45) is 1.80. The fourth-order valence-corrected chi connectivity index (χ4v) is 1.33. The van der Waals surface area contributed by atoms with E-state index >= 15 is 0 Å². The van der Waals surface area contributed by atoms with Crippen molar-refractivity contribution in [2.24, 2.45) is 0 Å². The number of hydrogen-bond acceptors (Lipinski definition) is 2. The number of ether oxygens (including phenoxy) is 1. The van der Waals surface area contributed by atoms with E-state index in [1.54, 1.807) is 13.3 Å². The summed E-state index contributed by atoms with van der Waals surface area (Å²) in [5.74, 6) is 0.887. The molecule has 3 nitrogen and oxygen atoms in total. The number of imidazole rings is 1. The van der Waals surface area contributed by atoms with Gasteiger partial charge in [0, 0.05) is 12.7 Å². The standard InChI is InChI=1S/C11H12N2O/c1-14-8-10-7-12-11(13-10)9-5-3-2-4-6-9/h2-7H,8H2,1H3,(H,12,13). The lowest BCUT2D eigenvalue weighted by atomic mass is 10.2. The number of nitrogens with zero attached hydrogens (tertiary/aromatic N) is 1. The molecule has 1 aromatic carbocycles. The Bertz CT molecular complexity index is 395. The van der Waals surface area contributed by atoms with Gasteiger partial charge in [0.1, 0.15) is 5.82 Å². The molecule has 0 bridgehead atoms. The van der Waals surface area contributed by atoms with Gasteiger partial charge < -0.3 is 9.72 Å². The Morgan fingerprint density at radius 1 is 1.29 bits per heavy atom. The first-order valence-corrected chi connectivity index (χ1v) is 4.48. The van der Waals surface area contributed by atoms with E-state index in [9.17, 15) is 0 Å². The lowest BCUT2D eigenvalue weighted by Crippen LogP contribution is -1.86. The molecule has 1 aromatic heterocycles. The number of rotatable bonds is 3. The Morgan fingerprint density at radius 2 is 2.07 bits per heavy atom. The maximum Gasteiger partial charge on any atom is 0.137 e. The van der Waals surface area contributed by atoms with Crippen molar-refractivity contribution < 1.29 is 4.74 Å². The van der Waals surface area contributed by atoms with Crippen LogP contribution in [0.15, 0.2) is 36.5 Å². The van der Waals surface area contributed by atoms with Gasteiger partial charge in [-0.05, 0) is 0 Å². The smallest absolute Gasteiger partial charge is 0.137 e. The Morgan fingerprint density at radius 3 is 2.79 bits per heavy atom. The van der Waals surface area contributed by atoms with Gasteiger partial charge >= 0.3 is 0 Å². The molecular weight excluding hydrogens is 176 g/mol. The molecule has 0 atom stereocenters. The van der Waals surface area contributed by atoms with Crippen molar-refractivity contribution >= 4 is 0 Å². The van der Waals surface area contributed by atoms with Crippen LogP contribution in [0, 0.1) is 0 Å². The zero-order valence-corrected chi connectivity index (χ0v) is 8.03. The van der Waals surface area contributed by atoms with Crippen molar-refractivity contribution in [1.82, 2.24) is 9.97 Å². The first-order chi connectivity index (χ1) is 6.90. The monoisotopic (exact) mass is 188 g/mol. The molecule has 72 valence electrons. The number of H-pyrrole nitrogens is 1. The van der Waals surface area contributed by atoms with Crippen LogP contribution >= 0.6 is 0 Å². The molecule has 1 heterocycles. The Labute approximate surface area is 82.8 Å². The minimum atomic E-state index is 0.569. The van der Waals surface area contributed by atoms with E-state index in [1.807, 2.05) is 30.3 Å². The number of aromatic nitrogens is 2. The molecule has 2 aromatic rings. The minimum absolute atomic E-state index is 0.569. The van der Waals surface area contributed by atoms with Crippen LogP contribution in [-0.2, 0) is 11.3 Å². The maximum absolute atomic E-state index is 5.01. The second kappa shape index (κ2) is 4.07. The van der Waals surface area contributed by atoms with Gasteiger partial charge in [-0.25, -0.2) is 4.98 Å². The van der Waals surface area contributed by atoms with Gasteiger partial charge in [-0.3, -0.25) is 0 Å². The zero-order valence-electron chi connectivity index (χ0n) is 8.03. The van der Waals surface area contributed by atoms with Crippen molar-refractivity contribution in [3.63, 3.8) is 0 Å². The molecular formula is C11H12N2O. The van der Waals surface area contributed by atoms with E-state index in [4.69, 9.17) is 4.74 Å². The van der Waals surface area contributed by atoms with Crippen molar-refractivity contribution in [3.8, 4) is 11.4 Å². The molecule has 0 saturated carbocycles. The molecule has 0 radical (unpaired) electrons. The third kappa shape index (κ3) is 1.83. The molecule has 0 aliphatic carbocycles. The van der Waals surface area contributed by atoms with Gasteiger partial charge in [-0.15, -0.1) is 0 Å². The second-order valence-corrected chi connectivity index (χ2v) is 3.06. The molecule has 0 unspecified atom stereocenters. The van der Waals surface area contributed by atoms with Crippen LogP contribution in [0.5, 0.6) is 0 Å².